The summed E-state index contributed by atoms with van der Waals surface area (Å²) in [5, 5.41) is 6.47. The van der Waals surface area contributed by atoms with E-state index in [9.17, 15) is 0 Å². The fourth-order valence-corrected chi connectivity index (χ4v) is 2.41. The molecule has 2 N–H and O–H groups in total. The number of hydrogen-bond acceptors (Lipinski definition) is 4. The lowest BCUT2D eigenvalue weighted by atomic mass is 10.2. The van der Waals surface area contributed by atoms with Crippen molar-refractivity contribution < 1.29 is 14.2 Å². The van der Waals surface area contributed by atoms with Crippen molar-refractivity contribution >= 4 is 29.9 Å². The number of ether oxygens (including phenoxy) is 3. The van der Waals surface area contributed by atoms with Gasteiger partial charge in [0.1, 0.15) is 12.4 Å². The van der Waals surface area contributed by atoms with Gasteiger partial charge in [-0.25, -0.2) is 0 Å². The van der Waals surface area contributed by atoms with Crippen LogP contribution < -0.4 is 15.4 Å². The Balaban J connectivity index is 0.00000312. The van der Waals surface area contributed by atoms with Crippen LogP contribution in [0.1, 0.15) is 19.8 Å². The third-order valence-electron chi connectivity index (χ3n) is 3.58. The fraction of sp³-hybridized carbons (Fsp3) is 0.611. The molecule has 142 valence electrons. The molecule has 0 bridgehead atoms. The molecule has 1 aromatic carbocycles. The Morgan fingerprint density at radius 1 is 1.24 bits per heavy atom. The van der Waals surface area contributed by atoms with Gasteiger partial charge in [-0.2, -0.15) is 0 Å². The maximum Gasteiger partial charge on any atom is 0.191 e. The second-order valence-electron chi connectivity index (χ2n) is 5.56. The number of halogens is 1. The Kier molecular flexibility index (Phi) is 12.4. The zero-order chi connectivity index (χ0) is 16.9. The lowest BCUT2D eigenvalue weighted by Gasteiger charge is -2.12. The Morgan fingerprint density at radius 3 is 2.80 bits per heavy atom. The molecule has 0 amide bonds. The quantitative estimate of drug-likeness (QED) is 0.242. The molecular weight excluding hydrogens is 433 g/mol. The van der Waals surface area contributed by atoms with Gasteiger partial charge in [0.2, 0.25) is 0 Å². The summed E-state index contributed by atoms with van der Waals surface area (Å²) in [6.45, 7) is 6.92. The van der Waals surface area contributed by atoms with Crippen molar-refractivity contribution in [1.82, 2.24) is 10.6 Å². The van der Waals surface area contributed by atoms with E-state index in [-0.39, 0.29) is 30.1 Å². The van der Waals surface area contributed by atoms with E-state index in [2.05, 4.69) is 15.6 Å². The summed E-state index contributed by atoms with van der Waals surface area (Å²) in [5.74, 6) is 1.67. The van der Waals surface area contributed by atoms with E-state index in [0.717, 1.165) is 37.7 Å². The summed E-state index contributed by atoms with van der Waals surface area (Å²) in [5.41, 5.74) is 0. The summed E-state index contributed by atoms with van der Waals surface area (Å²) < 4.78 is 16.8. The lowest BCUT2D eigenvalue weighted by Crippen LogP contribution is -2.39. The van der Waals surface area contributed by atoms with Gasteiger partial charge in [0.15, 0.2) is 5.96 Å². The van der Waals surface area contributed by atoms with E-state index in [4.69, 9.17) is 14.2 Å². The highest BCUT2D eigenvalue weighted by Gasteiger charge is 2.14. The molecule has 0 radical (unpaired) electrons. The number of para-hydroxylation sites is 1. The molecule has 0 aliphatic carbocycles. The second-order valence-corrected chi connectivity index (χ2v) is 5.56. The third kappa shape index (κ3) is 9.86. The Labute approximate surface area is 167 Å². The molecule has 1 fully saturated rings. The van der Waals surface area contributed by atoms with Gasteiger partial charge in [-0.3, -0.25) is 4.99 Å². The van der Waals surface area contributed by atoms with Crippen molar-refractivity contribution in [2.24, 2.45) is 4.99 Å². The summed E-state index contributed by atoms with van der Waals surface area (Å²) in [7, 11) is 0. The summed E-state index contributed by atoms with van der Waals surface area (Å²) >= 11 is 0. The minimum Gasteiger partial charge on any atom is -0.492 e. The molecule has 1 aromatic rings. The molecule has 7 heteroatoms. The van der Waals surface area contributed by atoms with Gasteiger partial charge in [-0.15, -0.1) is 24.0 Å². The first-order valence-corrected chi connectivity index (χ1v) is 8.78. The molecule has 6 nitrogen and oxygen atoms in total. The minimum absolute atomic E-state index is 0. The van der Waals surface area contributed by atoms with E-state index in [1.807, 2.05) is 37.3 Å². The molecular formula is C18H30IN3O3. The van der Waals surface area contributed by atoms with Crippen LogP contribution in [0.3, 0.4) is 0 Å². The molecule has 1 aliphatic heterocycles. The molecule has 1 saturated heterocycles. The normalized spacial score (nSPS) is 17.0. The maximum absolute atomic E-state index is 5.65. The minimum atomic E-state index is 0. The van der Waals surface area contributed by atoms with Crippen LogP contribution in [-0.2, 0) is 9.47 Å². The van der Waals surface area contributed by atoms with E-state index < -0.39 is 0 Å². The number of benzene rings is 1. The van der Waals surface area contributed by atoms with E-state index in [0.29, 0.717) is 32.9 Å². The zero-order valence-corrected chi connectivity index (χ0v) is 17.2. The van der Waals surface area contributed by atoms with Gasteiger partial charge in [0, 0.05) is 13.2 Å². The molecule has 1 unspecified atom stereocenters. The molecule has 1 atom stereocenters. The van der Waals surface area contributed by atoms with Crippen molar-refractivity contribution in [3.8, 4) is 5.75 Å². The standard InChI is InChI=1S/C18H29N3O3.HI/c1-2-19-18(20-10-13-22-15-17-9-6-12-23-17)21-11-14-24-16-7-4-3-5-8-16;/h3-5,7-8,17H,2,6,9-15H2,1H3,(H2,19,20,21);1H. The predicted octanol–water partition coefficient (Wildman–Crippen LogP) is 2.43. The molecule has 0 aromatic heterocycles. The van der Waals surface area contributed by atoms with Crippen molar-refractivity contribution in [3.63, 3.8) is 0 Å². The molecule has 1 aliphatic rings. The number of guanidine groups is 1. The fourth-order valence-electron chi connectivity index (χ4n) is 2.41. The summed E-state index contributed by atoms with van der Waals surface area (Å²) in [6.07, 6.45) is 2.52. The van der Waals surface area contributed by atoms with Crippen LogP contribution in [0.15, 0.2) is 35.3 Å². The highest BCUT2D eigenvalue weighted by molar-refractivity contribution is 14.0. The summed E-state index contributed by atoms with van der Waals surface area (Å²) in [4.78, 5) is 4.50. The van der Waals surface area contributed by atoms with Gasteiger partial charge in [0.05, 0.1) is 32.4 Å². The highest BCUT2D eigenvalue weighted by Crippen LogP contribution is 2.11. The number of nitrogens with zero attached hydrogens (tertiary/aromatic N) is 1. The van der Waals surface area contributed by atoms with Crippen LogP contribution in [0.25, 0.3) is 0 Å². The van der Waals surface area contributed by atoms with Crippen LogP contribution in [-0.4, -0.2) is 58.1 Å². The molecule has 25 heavy (non-hydrogen) atoms. The topological polar surface area (TPSA) is 64.1 Å². The summed E-state index contributed by atoms with van der Waals surface area (Å²) in [6, 6.07) is 9.80. The Morgan fingerprint density at radius 2 is 2.08 bits per heavy atom. The number of rotatable bonds is 10. The van der Waals surface area contributed by atoms with Gasteiger partial charge < -0.3 is 24.8 Å². The van der Waals surface area contributed by atoms with Gasteiger partial charge in [0.25, 0.3) is 0 Å². The van der Waals surface area contributed by atoms with Crippen LogP contribution in [0.2, 0.25) is 0 Å². The average Bonchev–Trinajstić information content (AvgIpc) is 3.12. The average molecular weight is 463 g/mol. The van der Waals surface area contributed by atoms with Crippen LogP contribution in [0, 0.1) is 0 Å². The zero-order valence-electron chi connectivity index (χ0n) is 14.9. The van der Waals surface area contributed by atoms with Crippen LogP contribution >= 0.6 is 24.0 Å². The second kappa shape index (κ2) is 14.1. The molecule has 1 heterocycles. The molecule has 2 rings (SSSR count). The third-order valence-corrected chi connectivity index (χ3v) is 3.58. The SMILES string of the molecule is CCNC(=NCCOCC1CCCO1)NCCOc1ccccc1.I. The molecule has 0 spiro atoms. The monoisotopic (exact) mass is 463 g/mol. The van der Waals surface area contributed by atoms with E-state index in [1.54, 1.807) is 0 Å². The van der Waals surface area contributed by atoms with Gasteiger partial charge in [-0.05, 0) is 31.9 Å². The van der Waals surface area contributed by atoms with Crippen molar-refractivity contribution in [2.75, 3.05) is 46.1 Å². The van der Waals surface area contributed by atoms with Gasteiger partial charge in [-0.1, -0.05) is 18.2 Å². The first-order valence-electron chi connectivity index (χ1n) is 8.78. The number of hydrogen-bond donors (Lipinski definition) is 2. The largest absolute Gasteiger partial charge is 0.492 e. The van der Waals surface area contributed by atoms with E-state index >= 15 is 0 Å². The Bertz CT molecular complexity index is 468. The Hall–Kier alpha value is -1.06. The molecule has 0 saturated carbocycles. The first kappa shape index (κ1) is 22.0. The predicted molar refractivity (Wildman–Crippen MR) is 111 cm³/mol. The van der Waals surface area contributed by atoms with Crippen molar-refractivity contribution in [3.05, 3.63) is 30.3 Å². The smallest absolute Gasteiger partial charge is 0.191 e. The van der Waals surface area contributed by atoms with Crippen molar-refractivity contribution in [1.29, 1.82) is 0 Å². The van der Waals surface area contributed by atoms with Crippen molar-refractivity contribution in [2.45, 2.75) is 25.9 Å². The first-order chi connectivity index (χ1) is 11.9. The van der Waals surface area contributed by atoms with Crippen LogP contribution in [0.5, 0.6) is 5.75 Å². The van der Waals surface area contributed by atoms with Gasteiger partial charge >= 0.3 is 0 Å². The number of aliphatic imine (C=N–C) groups is 1. The highest BCUT2D eigenvalue weighted by atomic mass is 127. The van der Waals surface area contributed by atoms with Crippen LogP contribution in [0.4, 0.5) is 0 Å². The number of nitrogens with one attached hydrogen (secondary N) is 2. The van der Waals surface area contributed by atoms with E-state index in [1.165, 1.54) is 0 Å². The lowest BCUT2D eigenvalue weighted by molar-refractivity contribution is 0.0200. The maximum atomic E-state index is 5.65.